The van der Waals surface area contributed by atoms with Crippen LogP contribution in [0.1, 0.15) is 393 Å². The summed E-state index contributed by atoms with van der Waals surface area (Å²) in [5, 5.41) is 23.4. The molecule has 2 unspecified atom stereocenters. The smallest absolute Gasteiger partial charge is 0.305 e. The van der Waals surface area contributed by atoms with Gasteiger partial charge in [-0.1, -0.05) is 346 Å². The maximum absolute atomic E-state index is 12.5. The topological polar surface area (TPSA) is 95.9 Å². The fourth-order valence-corrected chi connectivity index (χ4v) is 11.1. The van der Waals surface area contributed by atoms with Gasteiger partial charge in [-0.2, -0.15) is 0 Å². The summed E-state index contributed by atoms with van der Waals surface area (Å²) in [6, 6.07) is -0.547. The molecule has 0 aliphatic carbocycles. The summed E-state index contributed by atoms with van der Waals surface area (Å²) in [5.74, 6) is -0.0243. The number of hydrogen-bond acceptors (Lipinski definition) is 5. The van der Waals surface area contributed by atoms with E-state index in [1.54, 1.807) is 0 Å². The molecule has 0 spiro atoms. The zero-order chi connectivity index (χ0) is 55.7. The fourth-order valence-electron chi connectivity index (χ4n) is 11.1. The number of carbonyl (C=O) groups is 2. The number of hydrogen-bond donors (Lipinski definition) is 3. The van der Waals surface area contributed by atoms with Crippen molar-refractivity contribution in [3.05, 3.63) is 24.3 Å². The van der Waals surface area contributed by atoms with Crippen molar-refractivity contribution >= 4 is 11.9 Å². The van der Waals surface area contributed by atoms with Gasteiger partial charge in [0.2, 0.25) is 5.91 Å². The van der Waals surface area contributed by atoms with E-state index >= 15 is 0 Å². The predicted octanol–water partition coefficient (Wildman–Crippen LogP) is 22.5. The summed E-state index contributed by atoms with van der Waals surface area (Å²) < 4.78 is 5.49. The molecule has 2 atom stereocenters. The number of aliphatic hydroxyl groups is 2. The van der Waals surface area contributed by atoms with Gasteiger partial charge in [0.15, 0.2) is 0 Å². The quantitative estimate of drug-likeness (QED) is 0.0320. The van der Waals surface area contributed by atoms with Crippen LogP contribution in [0.4, 0.5) is 0 Å². The Bertz CT molecular complexity index is 1200. The standard InChI is InChI=1S/C71H137NO5/c1-3-5-7-9-11-13-15-17-19-20-21-29-32-36-39-43-47-51-55-59-63-69(74)68(67-73)72-70(75)64-60-56-52-48-44-40-37-33-30-27-25-23-22-24-26-28-31-34-38-42-46-50-54-58-62-66-77-71(76)65-61-57-53-49-45-41-35-18-16-14-12-10-8-6-4-2/h23-26,68-69,73-74H,3-22,27-67H2,1-2H3,(H,72,75)/b25-23-,26-24-. The molecule has 0 radical (unpaired) electrons. The molecule has 6 nitrogen and oxygen atoms in total. The molecule has 6 heteroatoms. The van der Waals surface area contributed by atoms with Crippen LogP contribution in [0.5, 0.6) is 0 Å². The molecule has 77 heavy (non-hydrogen) atoms. The van der Waals surface area contributed by atoms with Gasteiger partial charge in [0.05, 0.1) is 25.4 Å². The maximum Gasteiger partial charge on any atom is 0.305 e. The normalized spacial score (nSPS) is 12.6. The third-order valence-corrected chi connectivity index (χ3v) is 16.5. The number of carbonyl (C=O) groups excluding carboxylic acids is 2. The van der Waals surface area contributed by atoms with E-state index < -0.39 is 12.1 Å². The van der Waals surface area contributed by atoms with E-state index in [0.717, 1.165) is 44.9 Å². The van der Waals surface area contributed by atoms with Crippen LogP contribution in [0, 0.1) is 0 Å². The van der Waals surface area contributed by atoms with Crippen LogP contribution in [0.25, 0.3) is 0 Å². The monoisotopic (exact) mass is 1080 g/mol. The van der Waals surface area contributed by atoms with Crippen LogP contribution < -0.4 is 5.32 Å². The van der Waals surface area contributed by atoms with E-state index in [2.05, 4.69) is 43.5 Å². The van der Waals surface area contributed by atoms with Gasteiger partial charge in [-0.3, -0.25) is 9.59 Å². The first kappa shape index (κ1) is 75.3. The second kappa shape index (κ2) is 66.8. The van der Waals surface area contributed by atoms with Crippen molar-refractivity contribution in [1.82, 2.24) is 5.32 Å². The summed E-state index contributed by atoms with van der Waals surface area (Å²) in [6.07, 6.45) is 83.6. The molecular formula is C71H137NO5. The molecule has 0 aliphatic heterocycles. The maximum atomic E-state index is 12.5. The van der Waals surface area contributed by atoms with Crippen molar-refractivity contribution in [3.8, 4) is 0 Å². The van der Waals surface area contributed by atoms with Crippen molar-refractivity contribution in [2.45, 2.75) is 405 Å². The lowest BCUT2D eigenvalue weighted by atomic mass is 10.0. The van der Waals surface area contributed by atoms with Gasteiger partial charge >= 0.3 is 5.97 Å². The van der Waals surface area contributed by atoms with Gasteiger partial charge < -0.3 is 20.3 Å². The molecule has 0 fully saturated rings. The van der Waals surface area contributed by atoms with Gasteiger partial charge in [0.1, 0.15) is 0 Å². The van der Waals surface area contributed by atoms with Gasteiger partial charge in [-0.05, 0) is 57.8 Å². The van der Waals surface area contributed by atoms with Crippen LogP contribution in [-0.4, -0.2) is 47.4 Å². The Balaban J connectivity index is 3.42. The van der Waals surface area contributed by atoms with Crippen LogP contribution in [0.3, 0.4) is 0 Å². The first-order valence-electron chi connectivity index (χ1n) is 35.1. The Hall–Kier alpha value is -1.66. The number of rotatable bonds is 66. The van der Waals surface area contributed by atoms with E-state index in [1.165, 1.54) is 315 Å². The van der Waals surface area contributed by atoms with Crippen molar-refractivity contribution in [2.75, 3.05) is 13.2 Å². The van der Waals surface area contributed by atoms with Crippen molar-refractivity contribution in [1.29, 1.82) is 0 Å². The van der Waals surface area contributed by atoms with Gasteiger partial charge in [-0.25, -0.2) is 0 Å². The second-order valence-electron chi connectivity index (χ2n) is 24.2. The second-order valence-corrected chi connectivity index (χ2v) is 24.2. The molecule has 0 aromatic carbocycles. The number of esters is 1. The average Bonchev–Trinajstić information content (AvgIpc) is 3.43. The van der Waals surface area contributed by atoms with Crippen LogP contribution >= 0.6 is 0 Å². The molecule has 0 aromatic rings. The number of aliphatic hydroxyl groups excluding tert-OH is 2. The van der Waals surface area contributed by atoms with Crippen molar-refractivity contribution in [2.24, 2.45) is 0 Å². The molecule has 0 saturated carbocycles. The number of allylic oxidation sites excluding steroid dienone is 4. The number of ether oxygens (including phenoxy) is 1. The van der Waals surface area contributed by atoms with Crippen LogP contribution in [0.2, 0.25) is 0 Å². The highest BCUT2D eigenvalue weighted by molar-refractivity contribution is 5.76. The number of nitrogens with one attached hydrogen (secondary N) is 1. The zero-order valence-electron chi connectivity index (χ0n) is 52.2. The highest BCUT2D eigenvalue weighted by Crippen LogP contribution is 2.19. The van der Waals surface area contributed by atoms with Crippen LogP contribution in [-0.2, 0) is 14.3 Å². The molecule has 1 amide bonds. The van der Waals surface area contributed by atoms with Gasteiger partial charge in [0.25, 0.3) is 0 Å². The van der Waals surface area contributed by atoms with E-state index in [0.29, 0.717) is 25.9 Å². The highest BCUT2D eigenvalue weighted by atomic mass is 16.5. The summed E-state index contributed by atoms with van der Waals surface area (Å²) in [7, 11) is 0. The summed E-state index contributed by atoms with van der Waals surface area (Å²) in [5.41, 5.74) is 0. The molecule has 0 bridgehead atoms. The summed E-state index contributed by atoms with van der Waals surface area (Å²) in [4.78, 5) is 24.6. The van der Waals surface area contributed by atoms with Crippen molar-refractivity contribution < 1.29 is 24.5 Å². The lowest BCUT2D eigenvalue weighted by Crippen LogP contribution is -2.45. The largest absolute Gasteiger partial charge is 0.466 e. The van der Waals surface area contributed by atoms with Crippen molar-refractivity contribution in [3.63, 3.8) is 0 Å². The number of amides is 1. The Morgan fingerprint density at radius 2 is 0.649 bits per heavy atom. The third kappa shape index (κ3) is 63.4. The Labute approximate surface area is 481 Å². The minimum atomic E-state index is -0.669. The molecule has 0 aromatic heterocycles. The molecular weight excluding hydrogens is 947 g/mol. The first-order chi connectivity index (χ1) is 38.0. The zero-order valence-corrected chi connectivity index (χ0v) is 52.2. The molecule has 0 saturated heterocycles. The van der Waals surface area contributed by atoms with E-state index in [1.807, 2.05) is 0 Å². The minimum Gasteiger partial charge on any atom is -0.466 e. The molecule has 0 heterocycles. The predicted molar refractivity (Wildman–Crippen MR) is 338 cm³/mol. The fraction of sp³-hybridized carbons (Fsp3) is 0.915. The van der Waals surface area contributed by atoms with E-state index in [-0.39, 0.29) is 18.5 Å². The third-order valence-electron chi connectivity index (χ3n) is 16.5. The Morgan fingerprint density at radius 3 is 0.987 bits per heavy atom. The van der Waals surface area contributed by atoms with Crippen LogP contribution in [0.15, 0.2) is 24.3 Å². The average molecular weight is 1080 g/mol. The molecule has 456 valence electrons. The van der Waals surface area contributed by atoms with E-state index in [4.69, 9.17) is 4.74 Å². The Kier molecular flexibility index (Phi) is 65.4. The minimum absolute atomic E-state index is 0.0127. The van der Waals surface area contributed by atoms with Gasteiger partial charge in [-0.15, -0.1) is 0 Å². The molecule has 0 aliphatic rings. The lowest BCUT2D eigenvalue weighted by molar-refractivity contribution is -0.143. The number of unbranched alkanes of at least 4 members (excludes halogenated alkanes) is 51. The summed E-state index contributed by atoms with van der Waals surface area (Å²) in [6.45, 7) is 4.99. The Morgan fingerprint density at radius 1 is 0.364 bits per heavy atom. The first-order valence-corrected chi connectivity index (χ1v) is 35.1. The molecule has 0 rings (SSSR count). The van der Waals surface area contributed by atoms with Gasteiger partial charge in [0, 0.05) is 12.8 Å². The lowest BCUT2D eigenvalue weighted by Gasteiger charge is -2.22. The summed E-state index contributed by atoms with van der Waals surface area (Å²) >= 11 is 0. The van der Waals surface area contributed by atoms with E-state index in [9.17, 15) is 19.8 Å². The molecule has 3 N–H and O–H groups in total. The SMILES string of the molecule is CCCCCCCCCCCCCCCCCCCCCCC(O)C(CO)NC(=O)CCCCCCCCCCC/C=C\C/C=C\CCCCCCCCCCCOC(=O)CCCCCCCCCCCCCCCCC. The highest BCUT2D eigenvalue weighted by Gasteiger charge is 2.20.